The van der Waals surface area contributed by atoms with E-state index in [4.69, 9.17) is 0 Å². The van der Waals surface area contributed by atoms with Crippen molar-refractivity contribution in [2.45, 2.75) is 25.9 Å². The van der Waals surface area contributed by atoms with Crippen LogP contribution in [-0.4, -0.2) is 0 Å². The van der Waals surface area contributed by atoms with Gasteiger partial charge in [0, 0.05) is 22.1 Å². The van der Waals surface area contributed by atoms with Crippen molar-refractivity contribution in [3.63, 3.8) is 0 Å². The third kappa shape index (κ3) is 3.86. The molecule has 0 radical (unpaired) electrons. The summed E-state index contributed by atoms with van der Waals surface area (Å²) in [7, 11) is 0. The van der Waals surface area contributed by atoms with Crippen LogP contribution in [0.2, 0.25) is 0 Å². The van der Waals surface area contributed by atoms with Crippen molar-refractivity contribution >= 4 is 15.9 Å². The number of hydrogen-bond donors (Lipinski definition) is 1. The summed E-state index contributed by atoms with van der Waals surface area (Å²) in [4.78, 5) is 0. The molecule has 112 valence electrons. The summed E-state index contributed by atoms with van der Waals surface area (Å²) in [6, 6.07) is 7.25. The molecule has 0 spiro atoms. The Morgan fingerprint density at radius 2 is 1.43 bits per heavy atom. The fourth-order valence-electron chi connectivity index (χ4n) is 2.25. The monoisotopic (exact) mass is 357 g/mol. The van der Waals surface area contributed by atoms with E-state index in [9.17, 15) is 13.2 Å². The van der Waals surface area contributed by atoms with Crippen LogP contribution in [0.3, 0.4) is 0 Å². The molecule has 2 aromatic rings. The lowest BCUT2D eigenvalue weighted by molar-refractivity contribution is 0.468. The zero-order chi connectivity index (χ0) is 15.6. The molecule has 0 saturated heterocycles. The maximum absolute atomic E-state index is 13.7. The number of nitrogens with one attached hydrogen (secondary N) is 1. The molecule has 0 fully saturated rings. The smallest absolute Gasteiger partial charge is 0.128 e. The summed E-state index contributed by atoms with van der Waals surface area (Å²) in [5.74, 6) is -1.26. The zero-order valence-corrected chi connectivity index (χ0v) is 13.2. The zero-order valence-electron chi connectivity index (χ0n) is 11.6. The van der Waals surface area contributed by atoms with Gasteiger partial charge < -0.3 is 5.32 Å². The van der Waals surface area contributed by atoms with E-state index in [1.54, 1.807) is 13.0 Å². The van der Waals surface area contributed by atoms with Crippen molar-refractivity contribution in [3.8, 4) is 0 Å². The third-order valence-electron chi connectivity index (χ3n) is 3.35. The Balaban J connectivity index is 2.18. The predicted molar refractivity (Wildman–Crippen MR) is 80.4 cm³/mol. The Morgan fingerprint density at radius 3 is 2.10 bits per heavy atom. The molecule has 21 heavy (non-hydrogen) atoms. The maximum atomic E-state index is 13.7. The summed E-state index contributed by atoms with van der Waals surface area (Å²) < 4.78 is 40.7. The second-order valence-electron chi connectivity index (χ2n) is 4.94. The molecule has 2 rings (SSSR count). The topological polar surface area (TPSA) is 12.0 Å². The first-order chi connectivity index (χ1) is 9.88. The molecule has 5 heteroatoms. The highest BCUT2D eigenvalue weighted by Crippen LogP contribution is 2.27. The second kappa shape index (κ2) is 6.62. The molecule has 0 saturated carbocycles. The predicted octanol–water partition coefficient (Wildman–Crippen LogP) is 5.28. The Morgan fingerprint density at radius 1 is 0.857 bits per heavy atom. The van der Waals surface area contributed by atoms with Crippen LogP contribution in [0.25, 0.3) is 0 Å². The summed E-state index contributed by atoms with van der Waals surface area (Å²) in [6.45, 7) is 3.64. The highest BCUT2D eigenvalue weighted by atomic mass is 79.9. The minimum Gasteiger partial charge on any atom is -0.304 e. The van der Waals surface area contributed by atoms with E-state index in [2.05, 4.69) is 21.2 Å². The molecule has 0 aliphatic rings. The Hall–Kier alpha value is -1.33. The van der Waals surface area contributed by atoms with Gasteiger partial charge in [-0.15, -0.1) is 0 Å². The maximum Gasteiger partial charge on any atom is 0.128 e. The molecule has 0 aliphatic heterocycles. The van der Waals surface area contributed by atoms with Crippen LogP contribution in [0.4, 0.5) is 13.2 Å². The van der Waals surface area contributed by atoms with E-state index >= 15 is 0 Å². The van der Waals surface area contributed by atoms with Crippen LogP contribution < -0.4 is 5.32 Å². The van der Waals surface area contributed by atoms with Crippen LogP contribution in [0, 0.1) is 17.5 Å². The number of halogens is 4. The molecular weight excluding hydrogens is 343 g/mol. The Kier molecular flexibility index (Phi) is 5.06. The van der Waals surface area contributed by atoms with E-state index in [-0.39, 0.29) is 23.5 Å². The van der Waals surface area contributed by atoms with Gasteiger partial charge >= 0.3 is 0 Å². The average Bonchev–Trinajstić information content (AvgIpc) is 2.41. The van der Waals surface area contributed by atoms with Crippen molar-refractivity contribution < 1.29 is 13.2 Å². The fourth-order valence-corrected chi connectivity index (χ4v) is 2.95. The lowest BCUT2D eigenvalue weighted by atomic mass is 10.0. The van der Waals surface area contributed by atoms with E-state index in [0.29, 0.717) is 4.47 Å². The van der Waals surface area contributed by atoms with Gasteiger partial charge in [-0.25, -0.2) is 13.2 Å². The van der Waals surface area contributed by atoms with Crippen molar-refractivity contribution in [1.82, 2.24) is 5.32 Å². The Bertz CT molecular complexity index is 645. The Labute approximate surface area is 130 Å². The van der Waals surface area contributed by atoms with E-state index in [1.807, 2.05) is 6.92 Å². The van der Waals surface area contributed by atoms with Crippen LogP contribution in [0.5, 0.6) is 0 Å². The summed E-state index contributed by atoms with van der Waals surface area (Å²) in [5.41, 5.74) is 1.11. The van der Waals surface area contributed by atoms with Gasteiger partial charge in [0.1, 0.15) is 17.5 Å². The summed E-state index contributed by atoms with van der Waals surface area (Å²) in [5, 5.41) is 3.18. The standard InChI is InChI=1S/C16H15BrF3N/c1-9(13-5-3-12(19)8-15(13)17)21-10(2)14-7-11(18)4-6-16(14)20/h3-10,21H,1-2H3. The normalized spacial score (nSPS) is 14.0. The highest BCUT2D eigenvalue weighted by Gasteiger charge is 2.17. The van der Waals surface area contributed by atoms with Gasteiger partial charge in [-0.05, 0) is 49.7 Å². The van der Waals surface area contributed by atoms with Gasteiger partial charge in [0.15, 0.2) is 0 Å². The van der Waals surface area contributed by atoms with Crippen LogP contribution in [-0.2, 0) is 0 Å². The molecule has 0 amide bonds. The second-order valence-corrected chi connectivity index (χ2v) is 5.80. The molecule has 0 bridgehead atoms. The van der Waals surface area contributed by atoms with Crippen molar-refractivity contribution in [2.75, 3.05) is 0 Å². The molecule has 2 unspecified atom stereocenters. The van der Waals surface area contributed by atoms with Gasteiger partial charge in [-0.3, -0.25) is 0 Å². The molecule has 2 aromatic carbocycles. The van der Waals surface area contributed by atoms with Crippen LogP contribution in [0.1, 0.15) is 37.1 Å². The third-order valence-corrected chi connectivity index (χ3v) is 4.04. The first-order valence-electron chi connectivity index (χ1n) is 6.54. The van der Waals surface area contributed by atoms with E-state index in [1.165, 1.54) is 18.2 Å². The lowest BCUT2D eigenvalue weighted by Gasteiger charge is -2.22. The molecule has 1 nitrogen and oxygen atoms in total. The molecule has 1 N–H and O–H groups in total. The highest BCUT2D eigenvalue weighted by molar-refractivity contribution is 9.10. The van der Waals surface area contributed by atoms with E-state index < -0.39 is 11.6 Å². The molecule has 0 aliphatic carbocycles. The van der Waals surface area contributed by atoms with Gasteiger partial charge in [0.2, 0.25) is 0 Å². The number of hydrogen-bond acceptors (Lipinski definition) is 1. The average molecular weight is 358 g/mol. The minimum absolute atomic E-state index is 0.155. The van der Waals surface area contributed by atoms with Gasteiger partial charge in [0.05, 0.1) is 0 Å². The quantitative estimate of drug-likeness (QED) is 0.784. The molecular formula is C16H15BrF3N. The summed E-state index contributed by atoms with van der Waals surface area (Å²) in [6.07, 6.45) is 0. The van der Waals surface area contributed by atoms with Gasteiger partial charge in [-0.2, -0.15) is 0 Å². The van der Waals surface area contributed by atoms with E-state index in [0.717, 1.165) is 17.7 Å². The fraction of sp³-hybridized carbons (Fsp3) is 0.250. The first-order valence-corrected chi connectivity index (χ1v) is 7.33. The SMILES string of the molecule is CC(NC(C)c1ccc(F)cc1Br)c1cc(F)ccc1F. The lowest BCUT2D eigenvalue weighted by Crippen LogP contribution is -2.23. The van der Waals surface area contributed by atoms with Gasteiger partial charge in [-0.1, -0.05) is 22.0 Å². The molecule has 2 atom stereocenters. The van der Waals surface area contributed by atoms with Crippen molar-refractivity contribution in [1.29, 1.82) is 0 Å². The largest absolute Gasteiger partial charge is 0.304 e. The van der Waals surface area contributed by atoms with Crippen molar-refractivity contribution in [2.24, 2.45) is 0 Å². The minimum atomic E-state index is -0.476. The molecule has 0 heterocycles. The number of benzene rings is 2. The first kappa shape index (κ1) is 16.0. The van der Waals surface area contributed by atoms with Crippen LogP contribution >= 0.6 is 15.9 Å². The van der Waals surface area contributed by atoms with Crippen LogP contribution in [0.15, 0.2) is 40.9 Å². The molecule has 0 aromatic heterocycles. The number of rotatable bonds is 4. The summed E-state index contributed by atoms with van der Waals surface area (Å²) >= 11 is 3.31. The van der Waals surface area contributed by atoms with Crippen molar-refractivity contribution in [3.05, 3.63) is 69.4 Å². The van der Waals surface area contributed by atoms with Gasteiger partial charge in [0.25, 0.3) is 0 Å².